The number of hydrogen-bond donors (Lipinski definition) is 1. The number of benzene rings is 3. The molecule has 0 spiro atoms. The quantitative estimate of drug-likeness (QED) is 0.181. The van der Waals surface area contributed by atoms with Crippen molar-refractivity contribution in [2.24, 2.45) is 5.10 Å². The number of hydrogen-bond acceptors (Lipinski definition) is 8. The number of nitrogens with one attached hydrogen (secondary N) is 1. The average molecular weight is 513 g/mol. The second-order valence-corrected chi connectivity index (χ2v) is 7.59. The summed E-state index contributed by atoms with van der Waals surface area (Å²) >= 11 is 5.87. The van der Waals surface area contributed by atoms with Crippen LogP contribution in [-0.4, -0.2) is 46.0 Å². The molecule has 0 aliphatic rings. The number of rotatable bonds is 10. The molecule has 36 heavy (non-hydrogen) atoms. The summed E-state index contributed by atoms with van der Waals surface area (Å²) in [6.45, 7) is 2.16. The Kier molecular flexibility index (Phi) is 9.13. The molecule has 0 bridgehead atoms. The Morgan fingerprint density at radius 2 is 1.53 bits per heavy atom. The maximum Gasteiger partial charge on any atom is 0.343 e. The van der Waals surface area contributed by atoms with E-state index in [-0.39, 0.29) is 11.3 Å². The maximum atomic E-state index is 12.6. The molecule has 10 heteroatoms. The van der Waals surface area contributed by atoms with Gasteiger partial charge in [0.2, 0.25) is 5.75 Å². The van der Waals surface area contributed by atoms with Gasteiger partial charge in [0.1, 0.15) is 0 Å². The lowest BCUT2D eigenvalue weighted by atomic mass is 10.1. The predicted molar refractivity (Wildman–Crippen MR) is 135 cm³/mol. The van der Waals surface area contributed by atoms with Crippen molar-refractivity contribution in [3.63, 3.8) is 0 Å². The van der Waals surface area contributed by atoms with E-state index in [1.54, 1.807) is 42.5 Å². The topological polar surface area (TPSA) is 105 Å². The van der Waals surface area contributed by atoms with Crippen LogP contribution in [0.2, 0.25) is 5.02 Å². The molecule has 0 aliphatic carbocycles. The van der Waals surface area contributed by atoms with Crippen molar-refractivity contribution in [3.05, 3.63) is 76.3 Å². The Balaban J connectivity index is 1.73. The van der Waals surface area contributed by atoms with E-state index in [2.05, 4.69) is 10.5 Å². The number of methoxy groups -OCH3 is 3. The Morgan fingerprint density at radius 3 is 2.11 bits per heavy atom. The van der Waals surface area contributed by atoms with Gasteiger partial charge in [0.05, 0.1) is 39.7 Å². The Hall–Kier alpha value is -4.24. The molecule has 0 atom stereocenters. The van der Waals surface area contributed by atoms with Gasteiger partial charge in [-0.3, -0.25) is 4.79 Å². The molecule has 1 amide bonds. The predicted octanol–water partition coefficient (Wildman–Crippen LogP) is 4.75. The average Bonchev–Trinajstić information content (AvgIpc) is 2.89. The van der Waals surface area contributed by atoms with Crippen LogP contribution in [0.1, 0.15) is 33.2 Å². The number of nitrogens with zero attached hydrogens (tertiary/aromatic N) is 1. The van der Waals surface area contributed by atoms with Crippen molar-refractivity contribution in [1.29, 1.82) is 0 Å². The van der Waals surface area contributed by atoms with Crippen molar-refractivity contribution in [2.45, 2.75) is 6.92 Å². The van der Waals surface area contributed by atoms with E-state index < -0.39 is 11.9 Å². The van der Waals surface area contributed by atoms with Crippen molar-refractivity contribution >= 4 is 29.7 Å². The van der Waals surface area contributed by atoms with Crippen molar-refractivity contribution in [3.8, 4) is 28.7 Å². The Morgan fingerprint density at radius 1 is 0.861 bits per heavy atom. The van der Waals surface area contributed by atoms with Crippen LogP contribution in [0.15, 0.2) is 59.7 Å². The Labute approximate surface area is 213 Å². The van der Waals surface area contributed by atoms with E-state index in [0.29, 0.717) is 45.8 Å². The molecule has 9 nitrogen and oxygen atoms in total. The molecule has 0 radical (unpaired) electrons. The fourth-order valence-corrected chi connectivity index (χ4v) is 3.27. The first-order valence-electron chi connectivity index (χ1n) is 10.8. The zero-order chi connectivity index (χ0) is 26.1. The van der Waals surface area contributed by atoms with E-state index in [0.717, 1.165) is 0 Å². The molecule has 3 aromatic carbocycles. The molecule has 3 rings (SSSR count). The smallest absolute Gasteiger partial charge is 0.343 e. The minimum absolute atomic E-state index is 0.246. The summed E-state index contributed by atoms with van der Waals surface area (Å²) < 4.78 is 26.9. The highest BCUT2D eigenvalue weighted by atomic mass is 35.5. The summed E-state index contributed by atoms with van der Waals surface area (Å²) in [5.74, 6) is 0.623. The van der Waals surface area contributed by atoms with E-state index in [1.165, 1.54) is 39.7 Å². The van der Waals surface area contributed by atoms with Gasteiger partial charge in [-0.2, -0.15) is 5.10 Å². The molecule has 0 saturated carbocycles. The van der Waals surface area contributed by atoms with Gasteiger partial charge in [-0.1, -0.05) is 11.6 Å². The summed E-state index contributed by atoms with van der Waals surface area (Å²) in [7, 11) is 4.40. The first kappa shape index (κ1) is 26.4. The van der Waals surface area contributed by atoms with Gasteiger partial charge in [-0.05, 0) is 67.1 Å². The first-order valence-corrected chi connectivity index (χ1v) is 11.2. The number of amides is 1. The van der Waals surface area contributed by atoms with Gasteiger partial charge >= 0.3 is 5.97 Å². The molecule has 0 heterocycles. The highest BCUT2D eigenvalue weighted by Crippen LogP contribution is 2.38. The fraction of sp³-hybridized carbons (Fsp3) is 0.192. The standard InChI is InChI=1S/C26H25ClN2O7/c1-5-35-21-12-16(6-11-20(21)36-26(31)17-7-9-19(27)10-8-17)15-28-29-25(30)18-13-22(32-2)24(34-4)23(14-18)33-3/h6-15H,5H2,1-4H3,(H,29,30)/b28-15+. The number of halogens is 1. The van der Waals surface area contributed by atoms with E-state index >= 15 is 0 Å². The Bertz CT molecular complexity index is 1230. The van der Waals surface area contributed by atoms with Gasteiger partial charge in [0, 0.05) is 10.6 Å². The number of esters is 1. The molecule has 1 N–H and O–H groups in total. The third-order valence-corrected chi connectivity index (χ3v) is 5.11. The number of ether oxygens (including phenoxy) is 5. The van der Waals surface area contributed by atoms with Crippen molar-refractivity contribution in [2.75, 3.05) is 27.9 Å². The summed E-state index contributed by atoms with van der Waals surface area (Å²) in [6.07, 6.45) is 1.43. The van der Waals surface area contributed by atoms with Crippen LogP contribution in [-0.2, 0) is 0 Å². The van der Waals surface area contributed by atoms with Crippen LogP contribution in [0.5, 0.6) is 28.7 Å². The van der Waals surface area contributed by atoms with Gasteiger partial charge in [-0.15, -0.1) is 0 Å². The highest BCUT2D eigenvalue weighted by molar-refractivity contribution is 6.30. The summed E-state index contributed by atoms with van der Waals surface area (Å²) in [6, 6.07) is 14.3. The van der Waals surface area contributed by atoms with Gasteiger partial charge < -0.3 is 23.7 Å². The second kappa shape index (κ2) is 12.5. The van der Waals surface area contributed by atoms with Crippen LogP contribution in [0, 0.1) is 0 Å². The van der Waals surface area contributed by atoms with Gasteiger partial charge in [0.15, 0.2) is 23.0 Å². The summed E-state index contributed by atoms with van der Waals surface area (Å²) in [4.78, 5) is 25.1. The third-order valence-electron chi connectivity index (χ3n) is 4.86. The first-order chi connectivity index (χ1) is 17.4. The molecule has 188 valence electrons. The van der Waals surface area contributed by atoms with E-state index in [4.69, 9.17) is 35.3 Å². The molecule has 0 saturated heterocycles. The minimum Gasteiger partial charge on any atom is -0.493 e. The normalized spacial score (nSPS) is 10.6. The van der Waals surface area contributed by atoms with Crippen LogP contribution in [0.25, 0.3) is 0 Å². The maximum absolute atomic E-state index is 12.6. The molecular weight excluding hydrogens is 488 g/mol. The minimum atomic E-state index is -0.549. The van der Waals surface area contributed by atoms with Crippen LogP contribution < -0.4 is 29.1 Å². The lowest BCUT2D eigenvalue weighted by Gasteiger charge is -2.13. The molecule has 0 aromatic heterocycles. The van der Waals surface area contributed by atoms with Crippen LogP contribution in [0.3, 0.4) is 0 Å². The number of hydrazone groups is 1. The number of carbonyl (C=O) groups excluding carboxylic acids is 2. The molecule has 0 fully saturated rings. The summed E-state index contributed by atoms with van der Waals surface area (Å²) in [5.41, 5.74) is 3.67. The molecule has 0 unspecified atom stereocenters. The lowest BCUT2D eigenvalue weighted by Crippen LogP contribution is -2.18. The van der Waals surface area contributed by atoms with Gasteiger partial charge in [-0.25, -0.2) is 10.2 Å². The third kappa shape index (κ3) is 6.45. The zero-order valence-corrected chi connectivity index (χ0v) is 20.9. The van der Waals surface area contributed by atoms with Crippen LogP contribution in [0.4, 0.5) is 0 Å². The van der Waals surface area contributed by atoms with Crippen LogP contribution >= 0.6 is 11.6 Å². The van der Waals surface area contributed by atoms with Gasteiger partial charge in [0.25, 0.3) is 5.91 Å². The summed E-state index contributed by atoms with van der Waals surface area (Å²) in [5, 5.41) is 4.52. The largest absolute Gasteiger partial charge is 0.493 e. The SMILES string of the molecule is CCOc1cc(/C=N/NC(=O)c2cc(OC)c(OC)c(OC)c2)ccc1OC(=O)c1ccc(Cl)cc1. The molecule has 3 aromatic rings. The molecular formula is C26H25ClN2O7. The number of carbonyl (C=O) groups is 2. The van der Waals surface area contributed by atoms with E-state index in [9.17, 15) is 9.59 Å². The van der Waals surface area contributed by atoms with Crippen molar-refractivity contribution in [1.82, 2.24) is 5.43 Å². The second-order valence-electron chi connectivity index (χ2n) is 7.15. The molecule has 0 aliphatic heterocycles. The fourth-order valence-electron chi connectivity index (χ4n) is 3.14. The lowest BCUT2D eigenvalue weighted by molar-refractivity contribution is 0.0728. The highest BCUT2D eigenvalue weighted by Gasteiger charge is 2.17. The zero-order valence-electron chi connectivity index (χ0n) is 20.2. The van der Waals surface area contributed by atoms with E-state index in [1.807, 2.05) is 6.92 Å². The van der Waals surface area contributed by atoms with Crippen molar-refractivity contribution < 1.29 is 33.3 Å². The monoisotopic (exact) mass is 512 g/mol.